The molecule has 3 nitrogen and oxygen atoms in total. The average molecular weight is 235 g/mol. The van der Waals surface area contributed by atoms with Crippen molar-refractivity contribution in [3.8, 4) is 0 Å². The van der Waals surface area contributed by atoms with E-state index in [1.165, 1.54) is 18.2 Å². The SMILES string of the molecule is CC.COC(=O)C1Cc2ccccc2CN1C. The number of esters is 1. The van der Waals surface area contributed by atoms with Gasteiger partial charge in [-0.05, 0) is 24.6 Å². The molecule has 17 heavy (non-hydrogen) atoms. The van der Waals surface area contributed by atoms with Crippen LogP contribution in [0.4, 0.5) is 0 Å². The van der Waals surface area contributed by atoms with Gasteiger partial charge in [-0.25, -0.2) is 0 Å². The number of nitrogens with zero attached hydrogens (tertiary/aromatic N) is 1. The zero-order valence-electron chi connectivity index (χ0n) is 11.1. The quantitative estimate of drug-likeness (QED) is 0.699. The fourth-order valence-electron chi connectivity index (χ4n) is 2.05. The molecule has 1 aliphatic heterocycles. The molecule has 1 atom stereocenters. The van der Waals surface area contributed by atoms with E-state index in [-0.39, 0.29) is 12.0 Å². The lowest BCUT2D eigenvalue weighted by Crippen LogP contribution is -2.43. The molecule has 0 aromatic heterocycles. The van der Waals surface area contributed by atoms with Gasteiger partial charge in [0.2, 0.25) is 0 Å². The average Bonchev–Trinajstić information content (AvgIpc) is 2.39. The van der Waals surface area contributed by atoms with Crippen molar-refractivity contribution in [1.29, 1.82) is 0 Å². The van der Waals surface area contributed by atoms with Crippen LogP contribution in [0.25, 0.3) is 0 Å². The minimum Gasteiger partial charge on any atom is -0.468 e. The van der Waals surface area contributed by atoms with Crippen LogP contribution in [-0.4, -0.2) is 31.1 Å². The molecule has 2 rings (SSSR count). The van der Waals surface area contributed by atoms with Crippen LogP contribution < -0.4 is 0 Å². The number of likely N-dealkylation sites (N-methyl/N-ethyl adjacent to an activating group) is 1. The van der Waals surface area contributed by atoms with Crippen molar-refractivity contribution in [3.05, 3.63) is 35.4 Å². The molecule has 1 aliphatic rings. The molecule has 1 aromatic carbocycles. The molecule has 1 unspecified atom stereocenters. The first kappa shape index (κ1) is 13.7. The number of fused-ring (bicyclic) bond motifs is 1. The minimum absolute atomic E-state index is 0.134. The van der Waals surface area contributed by atoms with Gasteiger partial charge in [0.05, 0.1) is 7.11 Å². The maximum absolute atomic E-state index is 11.5. The van der Waals surface area contributed by atoms with E-state index in [0.29, 0.717) is 0 Å². The van der Waals surface area contributed by atoms with Crippen LogP contribution in [0.15, 0.2) is 24.3 Å². The largest absolute Gasteiger partial charge is 0.468 e. The van der Waals surface area contributed by atoms with Crippen molar-refractivity contribution in [2.24, 2.45) is 0 Å². The first-order chi connectivity index (χ1) is 8.22. The van der Waals surface area contributed by atoms with Crippen molar-refractivity contribution >= 4 is 5.97 Å². The molecular formula is C14H21NO2. The van der Waals surface area contributed by atoms with Crippen LogP contribution in [0.3, 0.4) is 0 Å². The van der Waals surface area contributed by atoms with Crippen LogP contribution in [0.2, 0.25) is 0 Å². The summed E-state index contributed by atoms with van der Waals surface area (Å²) in [4.78, 5) is 13.6. The van der Waals surface area contributed by atoms with Crippen molar-refractivity contribution in [2.75, 3.05) is 14.2 Å². The standard InChI is InChI=1S/C12H15NO2.C2H6/c1-13-8-10-6-4-3-5-9(10)7-11(13)12(14)15-2;1-2/h3-6,11H,7-8H2,1-2H3;1-2H3. The van der Waals surface area contributed by atoms with Crippen LogP contribution in [0, 0.1) is 0 Å². The molecule has 0 saturated heterocycles. The Morgan fingerprint density at radius 1 is 1.29 bits per heavy atom. The number of ether oxygens (including phenoxy) is 1. The number of carbonyl (C=O) groups excluding carboxylic acids is 1. The molecular weight excluding hydrogens is 214 g/mol. The number of hydrogen-bond acceptors (Lipinski definition) is 3. The zero-order valence-corrected chi connectivity index (χ0v) is 11.1. The van der Waals surface area contributed by atoms with Gasteiger partial charge in [0.15, 0.2) is 0 Å². The summed E-state index contributed by atoms with van der Waals surface area (Å²) in [6.07, 6.45) is 0.749. The van der Waals surface area contributed by atoms with E-state index in [2.05, 4.69) is 12.1 Å². The fourth-order valence-corrected chi connectivity index (χ4v) is 2.05. The molecule has 0 amide bonds. The van der Waals surface area contributed by atoms with Gasteiger partial charge in [0, 0.05) is 6.54 Å². The summed E-state index contributed by atoms with van der Waals surface area (Å²) in [5, 5.41) is 0. The third kappa shape index (κ3) is 3.07. The zero-order chi connectivity index (χ0) is 12.8. The van der Waals surface area contributed by atoms with E-state index in [9.17, 15) is 4.79 Å². The fraction of sp³-hybridized carbons (Fsp3) is 0.500. The van der Waals surface area contributed by atoms with E-state index in [0.717, 1.165) is 13.0 Å². The Kier molecular flexibility index (Phi) is 5.16. The molecule has 0 saturated carbocycles. The van der Waals surface area contributed by atoms with E-state index in [4.69, 9.17) is 4.74 Å². The molecule has 3 heteroatoms. The highest BCUT2D eigenvalue weighted by Gasteiger charge is 2.29. The maximum atomic E-state index is 11.5. The van der Waals surface area contributed by atoms with Crippen molar-refractivity contribution in [2.45, 2.75) is 32.9 Å². The van der Waals surface area contributed by atoms with Crippen LogP contribution in [-0.2, 0) is 22.5 Å². The Labute approximate surface area is 103 Å². The van der Waals surface area contributed by atoms with Crippen LogP contribution in [0.5, 0.6) is 0 Å². The number of benzene rings is 1. The first-order valence-electron chi connectivity index (χ1n) is 6.07. The highest BCUT2D eigenvalue weighted by atomic mass is 16.5. The maximum Gasteiger partial charge on any atom is 0.323 e. The van der Waals surface area contributed by atoms with Crippen molar-refractivity contribution in [3.63, 3.8) is 0 Å². The third-order valence-electron chi connectivity index (χ3n) is 2.96. The molecule has 0 N–H and O–H groups in total. The number of rotatable bonds is 1. The highest BCUT2D eigenvalue weighted by molar-refractivity contribution is 5.76. The van der Waals surface area contributed by atoms with Crippen molar-refractivity contribution < 1.29 is 9.53 Å². The summed E-state index contributed by atoms with van der Waals surface area (Å²) >= 11 is 0. The number of methoxy groups -OCH3 is 1. The van der Waals surface area contributed by atoms with Gasteiger partial charge in [0.1, 0.15) is 6.04 Å². The lowest BCUT2D eigenvalue weighted by Gasteiger charge is -2.31. The van der Waals surface area contributed by atoms with Crippen molar-refractivity contribution in [1.82, 2.24) is 4.90 Å². The predicted octanol–water partition coefficient (Wildman–Crippen LogP) is 2.24. The molecule has 94 valence electrons. The Morgan fingerprint density at radius 2 is 1.88 bits per heavy atom. The van der Waals surface area contributed by atoms with Gasteiger partial charge in [-0.2, -0.15) is 0 Å². The summed E-state index contributed by atoms with van der Waals surface area (Å²) in [6, 6.07) is 8.10. The van der Waals surface area contributed by atoms with Crippen LogP contribution in [0.1, 0.15) is 25.0 Å². The van der Waals surface area contributed by atoms with E-state index >= 15 is 0 Å². The van der Waals surface area contributed by atoms with Gasteiger partial charge in [0.25, 0.3) is 0 Å². The summed E-state index contributed by atoms with van der Waals surface area (Å²) < 4.78 is 4.79. The second kappa shape index (κ2) is 6.40. The Morgan fingerprint density at radius 3 is 2.47 bits per heavy atom. The monoisotopic (exact) mass is 235 g/mol. The van der Waals surface area contributed by atoms with Gasteiger partial charge in [-0.15, -0.1) is 0 Å². The van der Waals surface area contributed by atoms with Crippen LogP contribution >= 0.6 is 0 Å². The third-order valence-corrected chi connectivity index (χ3v) is 2.96. The molecule has 0 spiro atoms. The number of hydrogen-bond donors (Lipinski definition) is 0. The smallest absolute Gasteiger partial charge is 0.323 e. The Hall–Kier alpha value is -1.35. The normalized spacial score (nSPS) is 18.7. The summed E-state index contributed by atoms with van der Waals surface area (Å²) in [5.74, 6) is -0.146. The molecule has 1 aromatic rings. The second-order valence-electron chi connectivity index (χ2n) is 3.93. The van der Waals surface area contributed by atoms with E-state index < -0.39 is 0 Å². The van der Waals surface area contributed by atoms with Gasteiger partial charge >= 0.3 is 5.97 Å². The molecule has 0 fully saturated rings. The Balaban J connectivity index is 0.000000686. The van der Waals surface area contributed by atoms with Gasteiger partial charge in [-0.1, -0.05) is 38.1 Å². The topological polar surface area (TPSA) is 29.5 Å². The second-order valence-corrected chi connectivity index (χ2v) is 3.93. The molecule has 0 radical (unpaired) electrons. The van der Waals surface area contributed by atoms with E-state index in [1.807, 2.05) is 37.9 Å². The minimum atomic E-state index is -0.146. The van der Waals surface area contributed by atoms with E-state index in [1.54, 1.807) is 0 Å². The van der Waals surface area contributed by atoms with Gasteiger partial charge < -0.3 is 4.74 Å². The van der Waals surface area contributed by atoms with Gasteiger partial charge in [-0.3, -0.25) is 9.69 Å². The molecule has 1 heterocycles. The lowest BCUT2D eigenvalue weighted by molar-refractivity contribution is -0.147. The lowest BCUT2D eigenvalue weighted by atomic mass is 9.94. The number of carbonyl (C=O) groups is 1. The molecule has 0 bridgehead atoms. The summed E-state index contributed by atoms with van der Waals surface area (Å²) in [5.41, 5.74) is 2.56. The Bertz CT molecular complexity index is 376. The highest BCUT2D eigenvalue weighted by Crippen LogP contribution is 2.22. The molecule has 0 aliphatic carbocycles. The summed E-state index contributed by atoms with van der Waals surface area (Å²) in [7, 11) is 3.40. The first-order valence-corrected chi connectivity index (χ1v) is 6.07. The summed E-state index contributed by atoms with van der Waals surface area (Å²) in [6.45, 7) is 4.82. The predicted molar refractivity (Wildman–Crippen MR) is 68.8 cm³/mol.